The standard InChI is InChI=1S/C13H15BrINS2/c1-3-4-16-13(9-5-12(15)17-7-9)10-6-11(14)18-8(10)2/h5-7,13,16H,3-4H2,1-2H3. The number of rotatable bonds is 5. The summed E-state index contributed by atoms with van der Waals surface area (Å²) in [4.78, 5) is 1.39. The summed E-state index contributed by atoms with van der Waals surface area (Å²) in [6, 6.07) is 4.86. The molecule has 0 fully saturated rings. The molecule has 0 saturated carbocycles. The van der Waals surface area contributed by atoms with E-state index >= 15 is 0 Å². The van der Waals surface area contributed by atoms with Gasteiger partial charge >= 0.3 is 0 Å². The van der Waals surface area contributed by atoms with Crippen LogP contribution in [0.4, 0.5) is 0 Å². The normalized spacial score (nSPS) is 12.9. The van der Waals surface area contributed by atoms with Crippen molar-refractivity contribution in [3.8, 4) is 0 Å². The first kappa shape index (κ1) is 15.0. The van der Waals surface area contributed by atoms with E-state index in [0.717, 1.165) is 13.0 Å². The van der Waals surface area contributed by atoms with Crippen LogP contribution < -0.4 is 5.32 Å². The summed E-state index contributed by atoms with van der Waals surface area (Å²) < 4.78 is 2.56. The number of aryl methyl sites for hydroxylation is 1. The molecule has 2 aromatic rings. The highest BCUT2D eigenvalue weighted by Gasteiger charge is 2.18. The van der Waals surface area contributed by atoms with Crippen LogP contribution in [-0.2, 0) is 0 Å². The molecule has 0 saturated heterocycles. The molecule has 0 radical (unpaired) electrons. The molecular formula is C13H15BrINS2. The third kappa shape index (κ3) is 3.56. The smallest absolute Gasteiger partial charge is 0.0704 e. The first-order chi connectivity index (χ1) is 8.61. The van der Waals surface area contributed by atoms with E-state index in [1.165, 1.54) is 22.7 Å². The molecule has 2 rings (SSSR count). The Morgan fingerprint density at radius 2 is 2.22 bits per heavy atom. The van der Waals surface area contributed by atoms with Gasteiger partial charge in [-0.25, -0.2) is 0 Å². The molecule has 1 unspecified atom stereocenters. The van der Waals surface area contributed by atoms with E-state index in [1.807, 2.05) is 22.7 Å². The van der Waals surface area contributed by atoms with E-state index < -0.39 is 0 Å². The Morgan fingerprint density at radius 1 is 1.44 bits per heavy atom. The molecule has 1 N–H and O–H groups in total. The first-order valence-corrected chi connectivity index (χ1v) is 9.41. The highest BCUT2D eigenvalue weighted by atomic mass is 127. The second-order valence-corrected chi connectivity index (χ2v) is 9.57. The fraction of sp³-hybridized carbons (Fsp3) is 0.385. The molecule has 0 aromatic carbocycles. The first-order valence-electron chi connectivity index (χ1n) is 5.85. The van der Waals surface area contributed by atoms with E-state index in [2.05, 4.69) is 75.2 Å². The number of halogens is 2. The Labute approximate surface area is 138 Å². The molecule has 5 heteroatoms. The number of nitrogens with one attached hydrogen (secondary N) is 1. The summed E-state index contributed by atoms with van der Waals surface area (Å²) in [7, 11) is 0. The molecule has 0 bridgehead atoms. The Morgan fingerprint density at radius 3 is 2.72 bits per heavy atom. The molecular weight excluding hydrogens is 441 g/mol. The lowest BCUT2D eigenvalue weighted by Gasteiger charge is -2.17. The summed E-state index contributed by atoms with van der Waals surface area (Å²) in [6.07, 6.45) is 1.15. The zero-order valence-corrected chi connectivity index (χ0v) is 15.7. The van der Waals surface area contributed by atoms with Crippen LogP contribution in [-0.4, -0.2) is 6.54 Å². The van der Waals surface area contributed by atoms with E-state index in [4.69, 9.17) is 0 Å². The van der Waals surface area contributed by atoms with Crippen LogP contribution in [0, 0.1) is 9.81 Å². The van der Waals surface area contributed by atoms with E-state index in [0.29, 0.717) is 6.04 Å². The molecule has 98 valence electrons. The molecule has 2 aromatic heterocycles. The van der Waals surface area contributed by atoms with Crippen molar-refractivity contribution in [3.05, 3.63) is 40.2 Å². The highest BCUT2D eigenvalue weighted by molar-refractivity contribution is 14.1. The van der Waals surface area contributed by atoms with Gasteiger partial charge in [-0.05, 0) is 87.0 Å². The SMILES string of the molecule is CCCNC(c1csc(I)c1)c1cc(Br)sc1C. The van der Waals surface area contributed by atoms with Crippen molar-refractivity contribution >= 4 is 61.2 Å². The average Bonchev–Trinajstić information content (AvgIpc) is 2.87. The monoisotopic (exact) mass is 455 g/mol. The summed E-state index contributed by atoms with van der Waals surface area (Å²) in [5.41, 5.74) is 2.78. The van der Waals surface area contributed by atoms with Gasteiger partial charge in [-0.15, -0.1) is 22.7 Å². The highest BCUT2D eigenvalue weighted by Crippen LogP contribution is 2.35. The van der Waals surface area contributed by atoms with Crippen LogP contribution in [0.5, 0.6) is 0 Å². The fourth-order valence-corrected chi connectivity index (χ4v) is 5.06. The summed E-state index contributed by atoms with van der Waals surface area (Å²) in [5.74, 6) is 0. The summed E-state index contributed by atoms with van der Waals surface area (Å²) in [6.45, 7) is 5.45. The van der Waals surface area contributed by atoms with Crippen molar-refractivity contribution in [2.75, 3.05) is 6.54 Å². The maximum atomic E-state index is 3.66. The predicted octanol–water partition coefficient (Wildman–Crippen LogP) is 5.57. The lowest BCUT2D eigenvalue weighted by Crippen LogP contribution is -2.22. The van der Waals surface area contributed by atoms with Crippen molar-refractivity contribution in [1.82, 2.24) is 5.32 Å². The maximum absolute atomic E-state index is 3.66. The van der Waals surface area contributed by atoms with Gasteiger partial charge in [0.25, 0.3) is 0 Å². The van der Waals surface area contributed by atoms with Crippen LogP contribution in [0.25, 0.3) is 0 Å². The quantitative estimate of drug-likeness (QED) is 0.580. The van der Waals surface area contributed by atoms with Gasteiger partial charge in [-0.3, -0.25) is 0 Å². The molecule has 0 amide bonds. The largest absolute Gasteiger partial charge is 0.306 e. The zero-order valence-electron chi connectivity index (χ0n) is 10.3. The van der Waals surface area contributed by atoms with Gasteiger partial charge in [0.05, 0.1) is 12.7 Å². The number of thiophene rings is 2. The molecule has 0 spiro atoms. The van der Waals surface area contributed by atoms with Crippen molar-refractivity contribution in [2.45, 2.75) is 26.3 Å². The number of hydrogen-bond donors (Lipinski definition) is 1. The third-order valence-electron chi connectivity index (χ3n) is 2.76. The molecule has 0 aliphatic carbocycles. The summed E-state index contributed by atoms with van der Waals surface area (Å²) in [5, 5.41) is 5.92. The molecule has 0 aliphatic rings. The fourth-order valence-electron chi connectivity index (χ4n) is 1.92. The van der Waals surface area contributed by atoms with Gasteiger partial charge in [-0.2, -0.15) is 0 Å². The molecule has 0 aliphatic heterocycles. The topological polar surface area (TPSA) is 12.0 Å². The number of hydrogen-bond acceptors (Lipinski definition) is 3. The van der Waals surface area contributed by atoms with Gasteiger partial charge in [-0.1, -0.05) is 6.92 Å². The predicted molar refractivity (Wildman–Crippen MR) is 93.9 cm³/mol. The average molecular weight is 456 g/mol. The van der Waals surface area contributed by atoms with Crippen LogP contribution in [0.15, 0.2) is 21.3 Å². The molecule has 1 atom stereocenters. The Balaban J connectivity index is 2.33. The maximum Gasteiger partial charge on any atom is 0.0704 e. The van der Waals surface area contributed by atoms with E-state index in [1.54, 1.807) is 0 Å². The lowest BCUT2D eigenvalue weighted by atomic mass is 10.0. The van der Waals surface area contributed by atoms with Crippen molar-refractivity contribution in [1.29, 1.82) is 0 Å². The molecule has 1 nitrogen and oxygen atoms in total. The van der Waals surface area contributed by atoms with Gasteiger partial charge in [0.2, 0.25) is 0 Å². The second kappa shape index (κ2) is 6.83. The van der Waals surface area contributed by atoms with Crippen molar-refractivity contribution in [2.24, 2.45) is 0 Å². The van der Waals surface area contributed by atoms with E-state index in [-0.39, 0.29) is 0 Å². The molecule has 2 heterocycles. The lowest BCUT2D eigenvalue weighted by molar-refractivity contribution is 0.599. The van der Waals surface area contributed by atoms with Crippen LogP contribution >= 0.6 is 61.2 Å². The van der Waals surface area contributed by atoms with Crippen molar-refractivity contribution in [3.63, 3.8) is 0 Å². The minimum absolute atomic E-state index is 0.326. The van der Waals surface area contributed by atoms with E-state index in [9.17, 15) is 0 Å². The van der Waals surface area contributed by atoms with Gasteiger partial charge < -0.3 is 5.32 Å². The third-order valence-corrected chi connectivity index (χ3v) is 6.13. The van der Waals surface area contributed by atoms with Gasteiger partial charge in [0.1, 0.15) is 0 Å². The Bertz CT molecular complexity index is 521. The minimum atomic E-state index is 0.326. The zero-order chi connectivity index (χ0) is 13.1. The second-order valence-electron chi connectivity index (χ2n) is 4.13. The van der Waals surface area contributed by atoms with Crippen LogP contribution in [0.3, 0.4) is 0 Å². The Hall–Kier alpha value is 0.570. The van der Waals surface area contributed by atoms with Gasteiger partial charge in [0.15, 0.2) is 0 Å². The molecule has 18 heavy (non-hydrogen) atoms. The Kier molecular flexibility index (Phi) is 5.68. The van der Waals surface area contributed by atoms with Crippen LogP contribution in [0.2, 0.25) is 0 Å². The van der Waals surface area contributed by atoms with Crippen molar-refractivity contribution < 1.29 is 0 Å². The van der Waals surface area contributed by atoms with Crippen LogP contribution in [0.1, 0.15) is 35.4 Å². The summed E-state index contributed by atoms with van der Waals surface area (Å²) >= 11 is 9.60. The van der Waals surface area contributed by atoms with Gasteiger partial charge in [0, 0.05) is 4.88 Å². The minimum Gasteiger partial charge on any atom is -0.306 e.